The third kappa shape index (κ3) is 5.61. The first-order valence-electron chi connectivity index (χ1n) is 9.90. The Morgan fingerprint density at radius 1 is 0.966 bits per heavy atom. The molecule has 29 heavy (non-hydrogen) atoms. The van der Waals surface area contributed by atoms with Crippen molar-refractivity contribution in [2.45, 2.75) is 20.4 Å². The molecule has 1 amide bonds. The van der Waals surface area contributed by atoms with Crippen LogP contribution in [0.3, 0.4) is 0 Å². The summed E-state index contributed by atoms with van der Waals surface area (Å²) in [6, 6.07) is 25.4. The highest BCUT2D eigenvalue weighted by Crippen LogP contribution is 2.31. The van der Waals surface area contributed by atoms with Crippen LogP contribution in [0.1, 0.15) is 29.8 Å². The lowest BCUT2D eigenvalue weighted by atomic mass is 10.1. The number of para-hydroxylation sites is 1. The predicted octanol–water partition coefficient (Wildman–Crippen LogP) is 5.61. The van der Waals surface area contributed by atoms with Crippen molar-refractivity contribution < 1.29 is 9.53 Å². The van der Waals surface area contributed by atoms with Crippen molar-refractivity contribution in [2.24, 2.45) is 5.92 Å². The zero-order chi connectivity index (χ0) is 20.6. The minimum absolute atomic E-state index is 0.135. The van der Waals surface area contributed by atoms with Crippen molar-refractivity contribution in [1.29, 1.82) is 0 Å². The molecule has 0 radical (unpaired) electrons. The van der Waals surface area contributed by atoms with E-state index >= 15 is 0 Å². The summed E-state index contributed by atoms with van der Waals surface area (Å²) in [5.74, 6) is 1.09. The van der Waals surface area contributed by atoms with E-state index in [1.54, 1.807) is 13.2 Å². The molecular weight excluding hydrogens is 360 g/mol. The fourth-order valence-corrected chi connectivity index (χ4v) is 3.30. The van der Waals surface area contributed by atoms with Crippen LogP contribution in [0.4, 0.5) is 11.4 Å². The fourth-order valence-electron chi connectivity index (χ4n) is 3.30. The fraction of sp³-hybridized carbons (Fsp3) is 0.240. The molecule has 3 aromatic carbocycles. The molecule has 3 rings (SSSR count). The quantitative estimate of drug-likeness (QED) is 0.545. The molecule has 0 saturated heterocycles. The van der Waals surface area contributed by atoms with Crippen LogP contribution in [0.5, 0.6) is 5.75 Å². The van der Waals surface area contributed by atoms with Crippen LogP contribution in [0, 0.1) is 5.92 Å². The molecule has 0 saturated carbocycles. The average Bonchev–Trinajstić information content (AvgIpc) is 2.74. The second-order valence-corrected chi connectivity index (χ2v) is 7.47. The molecule has 0 aliphatic rings. The minimum atomic E-state index is -0.135. The Morgan fingerprint density at radius 3 is 2.24 bits per heavy atom. The highest BCUT2D eigenvalue weighted by molar-refractivity contribution is 6.05. The summed E-state index contributed by atoms with van der Waals surface area (Å²) in [6.07, 6.45) is 0. The molecule has 0 atom stereocenters. The molecule has 0 heterocycles. The SMILES string of the molecule is COc1ccc(C(=O)Nc2ccccc2)cc1N(Cc1ccccc1)CC(C)C. The highest BCUT2D eigenvalue weighted by Gasteiger charge is 2.17. The van der Waals surface area contributed by atoms with Gasteiger partial charge in [0, 0.05) is 24.3 Å². The van der Waals surface area contributed by atoms with Crippen LogP contribution in [0.2, 0.25) is 0 Å². The summed E-state index contributed by atoms with van der Waals surface area (Å²) in [5, 5.41) is 2.95. The van der Waals surface area contributed by atoms with Gasteiger partial charge in [0.05, 0.1) is 12.8 Å². The van der Waals surface area contributed by atoms with Crippen LogP contribution >= 0.6 is 0 Å². The largest absolute Gasteiger partial charge is 0.495 e. The number of nitrogens with zero attached hydrogens (tertiary/aromatic N) is 1. The molecule has 0 aliphatic heterocycles. The Balaban J connectivity index is 1.91. The maximum absolute atomic E-state index is 12.8. The normalized spacial score (nSPS) is 10.6. The van der Waals surface area contributed by atoms with E-state index < -0.39 is 0 Å². The summed E-state index contributed by atoms with van der Waals surface area (Å²) in [4.78, 5) is 15.1. The van der Waals surface area contributed by atoms with Gasteiger partial charge in [-0.3, -0.25) is 4.79 Å². The summed E-state index contributed by atoms with van der Waals surface area (Å²) in [5.41, 5.74) is 3.52. The number of rotatable bonds is 8. The third-order valence-electron chi connectivity index (χ3n) is 4.62. The van der Waals surface area contributed by atoms with Gasteiger partial charge in [0.1, 0.15) is 5.75 Å². The number of hydrogen-bond donors (Lipinski definition) is 1. The summed E-state index contributed by atoms with van der Waals surface area (Å²) in [6.45, 7) is 5.99. The Hall–Kier alpha value is -3.27. The number of methoxy groups -OCH3 is 1. The molecule has 4 nitrogen and oxygen atoms in total. The molecule has 3 aromatic rings. The van der Waals surface area contributed by atoms with Crippen LogP contribution in [-0.2, 0) is 6.54 Å². The third-order valence-corrected chi connectivity index (χ3v) is 4.62. The molecule has 4 heteroatoms. The number of carbonyl (C=O) groups excluding carboxylic acids is 1. The van der Waals surface area contributed by atoms with Gasteiger partial charge in [0.25, 0.3) is 5.91 Å². The maximum Gasteiger partial charge on any atom is 0.255 e. The lowest BCUT2D eigenvalue weighted by Gasteiger charge is -2.29. The van der Waals surface area contributed by atoms with Crippen LogP contribution in [0.25, 0.3) is 0 Å². The Bertz CT molecular complexity index is 924. The zero-order valence-corrected chi connectivity index (χ0v) is 17.3. The van der Waals surface area contributed by atoms with E-state index in [0.29, 0.717) is 11.5 Å². The molecule has 0 spiro atoms. The molecule has 150 valence electrons. The second-order valence-electron chi connectivity index (χ2n) is 7.47. The number of amides is 1. The van der Waals surface area contributed by atoms with E-state index in [1.165, 1.54) is 5.56 Å². The van der Waals surface area contributed by atoms with E-state index in [-0.39, 0.29) is 5.91 Å². The Morgan fingerprint density at radius 2 is 1.62 bits per heavy atom. The molecule has 0 bridgehead atoms. The van der Waals surface area contributed by atoms with Gasteiger partial charge < -0.3 is 15.0 Å². The van der Waals surface area contributed by atoms with Crippen molar-refractivity contribution in [3.05, 3.63) is 90.0 Å². The summed E-state index contributed by atoms with van der Waals surface area (Å²) in [7, 11) is 1.67. The Kier molecular flexibility index (Phi) is 6.90. The average molecular weight is 389 g/mol. The molecule has 0 fully saturated rings. The Labute approximate surface area is 173 Å². The first kappa shape index (κ1) is 20.5. The van der Waals surface area contributed by atoms with Crippen LogP contribution < -0.4 is 15.0 Å². The second kappa shape index (κ2) is 9.78. The number of nitrogens with one attached hydrogen (secondary N) is 1. The monoisotopic (exact) mass is 388 g/mol. The topological polar surface area (TPSA) is 41.6 Å². The molecule has 0 aliphatic carbocycles. The summed E-state index contributed by atoms with van der Waals surface area (Å²) < 4.78 is 5.63. The van der Waals surface area contributed by atoms with Crippen molar-refractivity contribution in [1.82, 2.24) is 0 Å². The van der Waals surface area contributed by atoms with Gasteiger partial charge in [-0.15, -0.1) is 0 Å². The zero-order valence-electron chi connectivity index (χ0n) is 17.3. The summed E-state index contributed by atoms with van der Waals surface area (Å²) >= 11 is 0. The highest BCUT2D eigenvalue weighted by atomic mass is 16.5. The first-order chi connectivity index (χ1) is 14.1. The van der Waals surface area contributed by atoms with Crippen LogP contribution in [0.15, 0.2) is 78.9 Å². The van der Waals surface area contributed by atoms with E-state index in [1.807, 2.05) is 60.7 Å². The van der Waals surface area contributed by atoms with Gasteiger partial charge in [-0.05, 0) is 41.8 Å². The van der Waals surface area contributed by atoms with Gasteiger partial charge >= 0.3 is 0 Å². The van der Waals surface area contributed by atoms with Gasteiger partial charge in [-0.2, -0.15) is 0 Å². The van der Waals surface area contributed by atoms with Crippen LogP contribution in [-0.4, -0.2) is 19.6 Å². The molecule has 1 N–H and O–H groups in total. The molecule has 0 unspecified atom stereocenters. The minimum Gasteiger partial charge on any atom is -0.495 e. The maximum atomic E-state index is 12.8. The van der Waals surface area contributed by atoms with Crippen molar-refractivity contribution >= 4 is 17.3 Å². The van der Waals surface area contributed by atoms with Gasteiger partial charge in [-0.1, -0.05) is 62.4 Å². The molecule has 0 aromatic heterocycles. The smallest absolute Gasteiger partial charge is 0.255 e. The number of ether oxygens (including phenoxy) is 1. The lowest BCUT2D eigenvalue weighted by molar-refractivity contribution is 0.102. The van der Waals surface area contributed by atoms with E-state index in [9.17, 15) is 4.79 Å². The number of benzene rings is 3. The van der Waals surface area contributed by atoms with E-state index in [2.05, 4.69) is 36.2 Å². The van der Waals surface area contributed by atoms with Gasteiger partial charge in [-0.25, -0.2) is 0 Å². The van der Waals surface area contributed by atoms with Crippen molar-refractivity contribution in [2.75, 3.05) is 23.9 Å². The van der Waals surface area contributed by atoms with Gasteiger partial charge in [0.2, 0.25) is 0 Å². The van der Waals surface area contributed by atoms with E-state index in [4.69, 9.17) is 4.74 Å². The predicted molar refractivity (Wildman–Crippen MR) is 120 cm³/mol. The van der Waals surface area contributed by atoms with Crippen molar-refractivity contribution in [3.8, 4) is 5.75 Å². The number of carbonyl (C=O) groups is 1. The van der Waals surface area contributed by atoms with E-state index in [0.717, 1.165) is 30.2 Å². The lowest BCUT2D eigenvalue weighted by Crippen LogP contribution is -2.28. The number of anilines is 2. The number of hydrogen-bond acceptors (Lipinski definition) is 3. The first-order valence-corrected chi connectivity index (χ1v) is 9.90. The molecular formula is C25H28N2O2. The standard InChI is InChI=1S/C25H28N2O2/c1-19(2)17-27(18-20-10-6-4-7-11-20)23-16-21(14-15-24(23)29-3)25(28)26-22-12-8-5-9-13-22/h4-16,19H,17-18H2,1-3H3,(H,26,28). The van der Waals surface area contributed by atoms with Crippen molar-refractivity contribution in [3.63, 3.8) is 0 Å². The van der Waals surface area contributed by atoms with Gasteiger partial charge in [0.15, 0.2) is 0 Å².